The van der Waals surface area contributed by atoms with Gasteiger partial charge in [-0.2, -0.15) is 0 Å². The van der Waals surface area contributed by atoms with Gasteiger partial charge in [0.2, 0.25) is 5.91 Å². The highest BCUT2D eigenvalue weighted by Gasteiger charge is 2.39. The maximum absolute atomic E-state index is 11.3. The minimum absolute atomic E-state index is 0.0679. The zero-order chi connectivity index (χ0) is 13.0. The van der Waals surface area contributed by atoms with Crippen LogP contribution in [-0.4, -0.2) is 44.2 Å². The van der Waals surface area contributed by atoms with Crippen LogP contribution in [0.25, 0.3) is 0 Å². The van der Waals surface area contributed by atoms with Crippen LogP contribution in [0.4, 0.5) is 0 Å². The number of likely N-dealkylation sites (tertiary alicyclic amines) is 1. The van der Waals surface area contributed by atoms with E-state index in [1.54, 1.807) is 7.11 Å². The number of nitrogens with two attached hydrogens (primary N) is 1. The molecule has 0 aromatic carbocycles. The summed E-state index contributed by atoms with van der Waals surface area (Å²) >= 11 is 0. The average molecular weight is 254 g/mol. The van der Waals surface area contributed by atoms with Crippen LogP contribution in [0.15, 0.2) is 0 Å². The first-order valence-corrected chi connectivity index (χ1v) is 7.16. The number of amides is 1. The third-order valence-electron chi connectivity index (χ3n) is 4.72. The van der Waals surface area contributed by atoms with Crippen LogP contribution in [0.1, 0.15) is 38.5 Å². The topological polar surface area (TPSA) is 55.6 Å². The molecule has 1 saturated heterocycles. The number of carbonyl (C=O) groups is 1. The number of nitrogens with zero attached hydrogens (tertiary/aromatic N) is 1. The van der Waals surface area contributed by atoms with Crippen LogP contribution >= 0.6 is 0 Å². The van der Waals surface area contributed by atoms with Crippen molar-refractivity contribution in [2.45, 2.75) is 38.5 Å². The van der Waals surface area contributed by atoms with Gasteiger partial charge in [0.05, 0.1) is 5.92 Å². The Labute approximate surface area is 110 Å². The monoisotopic (exact) mass is 254 g/mol. The molecule has 18 heavy (non-hydrogen) atoms. The molecule has 0 bridgehead atoms. The van der Waals surface area contributed by atoms with Crippen LogP contribution in [0, 0.1) is 11.3 Å². The highest BCUT2D eigenvalue weighted by atomic mass is 16.5. The third-order valence-corrected chi connectivity index (χ3v) is 4.72. The molecule has 1 aliphatic carbocycles. The summed E-state index contributed by atoms with van der Waals surface area (Å²) in [6.07, 6.45) is 7.20. The first kappa shape index (κ1) is 13.8. The largest absolute Gasteiger partial charge is 0.385 e. The third kappa shape index (κ3) is 3.23. The van der Waals surface area contributed by atoms with E-state index in [2.05, 4.69) is 4.90 Å². The SMILES string of the molecule is COCCC1(CN2CCC[C@H](C(N)=O)C2)CCC1. The normalized spacial score (nSPS) is 27.7. The van der Waals surface area contributed by atoms with Gasteiger partial charge in [0.15, 0.2) is 0 Å². The quantitative estimate of drug-likeness (QED) is 0.779. The number of ether oxygens (including phenoxy) is 1. The van der Waals surface area contributed by atoms with E-state index in [4.69, 9.17) is 10.5 Å². The van der Waals surface area contributed by atoms with Gasteiger partial charge in [-0.3, -0.25) is 4.79 Å². The summed E-state index contributed by atoms with van der Waals surface area (Å²) in [4.78, 5) is 13.7. The lowest BCUT2D eigenvalue weighted by Crippen LogP contribution is -2.48. The summed E-state index contributed by atoms with van der Waals surface area (Å²) in [5.74, 6) is -0.0578. The van der Waals surface area contributed by atoms with Gasteiger partial charge in [0.1, 0.15) is 0 Å². The van der Waals surface area contributed by atoms with Gasteiger partial charge in [0.25, 0.3) is 0 Å². The first-order valence-electron chi connectivity index (χ1n) is 7.16. The molecule has 0 aromatic heterocycles. The zero-order valence-corrected chi connectivity index (χ0v) is 11.5. The number of hydrogen-bond donors (Lipinski definition) is 1. The van der Waals surface area contributed by atoms with Crippen molar-refractivity contribution in [2.24, 2.45) is 17.1 Å². The van der Waals surface area contributed by atoms with Crippen LogP contribution in [-0.2, 0) is 9.53 Å². The Morgan fingerprint density at radius 3 is 2.78 bits per heavy atom. The number of hydrogen-bond acceptors (Lipinski definition) is 3. The molecule has 1 aliphatic heterocycles. The molecule has 4 nitrogen and oxygen atoms in total. The van der Waals surface area contributed by atoms with Crippen molar-refractivity contribution < 1.29 is 9.53 Å². The Hall–Kier alpha value is -0.610. The second-order valence-electron chi connectivity index (χ2n) is 6.07. The summed E-state index contributed by atoms with van der Waals surface area (Å²) in [6, 6.07) is 0. The number of primary amides is 1. The lowest BCUT2D eigenvalue weighted by molar-refractivity contribution is -0.123. The Morgan fingerprint density at radius 1 is 1.44 bits per heavy atom. The summed E-state index contributed by atoms with van der Waals surface area (Å²) < 4.78 is 5.23. The standard InChI is InChI=1S/C14H26N2O2/c1-18-9-7-14(5-3-6-14)11-16-8-2-4-12(10-16)13(15)17/h12H,2-11H2,1H3,(H2,15,17)/t12-/m0/s1. The summed E-state index contributed by atoms with van der Waals surface area (Å²) in [6.45, 7) is 3.97. The summed E-state index contributed by atoms with van der Waals surface area (Å²) in [5.41, 5.74) is 5.89. The van der Waals surface area contributed by atoms with Crippen molar-refractivity contribution in [2.75, 3.05) is 33.4 Å². The fourth-order valence-corrected chi connectivity index (χ4v) is 3.39. The van der Waals surface area contributed by atoms with Crippen molar-refractivity contribution in [3.05, 3.63) is 0 Å². The van der Waals surface area contributed by atoms with Crippen LogP contribution in [0.5, 0.6) is 0 Å². The highest BCUT2D eigenvalue weighted by molar-refractivity contribution is 5.76. The molecule has 104 valence electrons. The summed E-state index contributed by atoms with van der Waals surface area (Å²) in [7, 11) is 1.77. The second kappa shape index (κ2) is 6.02. The lowest BCUT2D eigenvalue weighted by Gasteiger charge is -2.46. The van der Waals surface area contributed by atoms with E-state index in [9.17, 15) is 4.79 Å². The zero-order valence-electron chi connectivity index (χ0n) is 11.5. The molecular weight excluding hydrogens is 228 g/mol. The molecule has 1 heterocycles. The van der Waals surface area contributed by atoms with Crippen molar-refractivity contribution in [1.82, 2.24) is 4.90 Å². The van der Waals surface area contributed by atoms with Crippen LogP contribution in [0.3, 0.4) is 0 Å². The van der Waals surface area contributed by atoms with Gasteiger partial charge in [-0.1, -0.05) is 6.42 Å². The van der Waals surface area contributed by atoms with Gasteiger partial charge < -0.3 is 15.4 Å². The van der Waals surface area contributed by atoms with E-state index in [-0.39, 0.29) is 11.8 Å². The maximum Gasteiger partial charge on any atom is 0.221 e. The molecule has 1 amide bonds. The molecule has 0 spiro atoms. The number of carbonyl (C=O) groups excluding carboxylic acids is 1. The molecule has 0 unspecified atom stereocenters. The van der Waals surface area contributed by atoms with Crippen molar-refractivity contribution in [3.63, 3.8) is 0 Å². The molecule has 1 atom stereocenters. The van der Waals surface area contributed by atoms with Gasteiger partial charge in [0, 0.05) is 26.8 Å². The molecule has 2 aliphatic rings. The number of piperidine rings is 1. The smallest absolute Gasteiger partial charge is 0.221 e. The predicted octanol–water partition coefficient (Wildman–Crippen LogP) is 1.39. The van der Waals surface area contributed by atoms with Gasteiger partial charge in [-0.15, -0.1) is 0 Å². The van der Waals surface area contributed by atoms with Crippen molar-refractivity contribution in [3.8, 4) is 0 Å². The highest BCUT2D eigenvalue weighted by Crippen LogP contribution is 2.45. The van der Waals surface area contributed by atoms with E-state index in [1.165, 1.54) is 19.3 Å². The van der Waals surface area contributed by atoms with Gasteiger partial charge in [-0.25, -0.2) is 0 Å². The van der Waals surface area contributed by atoms with E-state index >= 15 is 0 Å². The minimum atomic E-state index is -0.126. The summed E-state index contributed by atoms with van der Waals surface area (Å²) in [5, 5.41) is 0. The average Bonchev–Trinajstić information content (AvgIpc) is 2.33. The van der Waals surface area contributed by atoms with E-state index in [0.29, 0.717) is 5.41 Å². The van der Waals surface area contributed by atoms with Gasteiger partial charge in [-0.05, 0) is 44.1 Å². The molecule has 2 N–H and O–H groups in total. The molecule has 4 heteroatoms. The van der Waals surface area contributed by atoms with Crippen LogP contribution < -0.4 is 5.73 Å². The lowest BCUT2D eigenvalue weighted by atomic mass is 9.66. The first-order chi connectivity index (χ1) is 8.65. The molecule has 0 radical (unpaired) electrons. The van der Waals surface area contributed by atoms with Crippen LogP contribution in [0.2, 0.25) is 0 Å². The van der Waals surface area contributed by atoms with E-state index in [1.807, 2.05) is 0 Å². The number of rotatable bonds is 6. The Morgan fingerprint density at radius 2 is 2.22 bits per heavy atom. The Kier molecular flexibility index (Phi) is 4.62. The Bertz CT molecular complexity index is 290. The fraction of sp³-hybridized carbons (Fsp3) is 0.929. The Balaban J connectivity index is 1.85. The maximum atomic E-state index is 11.3. The molecular formula is C14H26N2O2. The molecule has 1 saturated carbocycles. The fourth-order valence-electron chi connectivity index (χ4n) is 3.39. The van der Waals surface area contributed by atoms with Gasteiger partial charge >= 0.3 is 0 Å². The van der Waals surface area contributed by atoms with E-state index < -0.39 is 0 Å². The minimum Gasteiger partial charge on any atom is -0.385 e. The molecule has 0 aromatic rings. The van der Waals surface area contributed by atoms with Crippen molar-refractivity contribution >= 4 is 5.91 Å². The second-order valence-corrected chi connectivity index (χ2v) is 6.07. The number of methoxy groups -OCH3 is 1. The predicted molar refractivity (Wildman–Crippen MR) is 71.1 cm³/mol. The molecule has 2 rings (SSSR count). The van der Waals surface area contributed by atoms with Crippen molar-refractivity contribution in [1.29, 1.82) is 0 Å². The van der Waals surface area contributed by atoms with E-state index in [0.717, 1.165) is 45.5 Å². The molecule has 2 fully saturated rings.